The van der Waals surface area contributed by atoms with Gasteiger partial charge in [-0.2, -0.15) is 26.3 Å². The van der Waals surface area contributed by atoms with Crippen LogP contribution in [-0.4, -0.2) is 12.4 Å². The molecule has 1 rings (SSSR count). The van der Waals surface area contributed by atoms with Gasteiger partial charge in [-0.05, 0) is 6.42 Å². The van der Waals surface area contributed by atoms with Gasteiger partial charge in [-0.1, -0.05) is 0 Å². The van der Waals surface area contributed by atoms with E-state index in [1.165, 1.54) is 0 Å². The molecule has 1 aliphatic carbocycles. The van der Waals surface area contributed by atoms with Crippen molar-refractivity contribution in [2.24, 2.45) is 5.92 Å². The second-order valence-corrected chi connectivity index (χ2v) is 2.32. The quantitative estimate of drug-likeness (QED) is 0.499. The molecule has 1 atom stereocenters. The van der Waals surface area contributed by atoms with E-state index < -0.39 is 30.6 Å². The van der Waals surface area contributed by atoms with Gasteiger partial charge in [-0.15, -0.1) is 0 Å². The zero-order chi connectivity index (χ0) is 8.86. The highest BCUT2D eigenvalue weighted by atomic mass is 19.4. The molecule has 0 saturated heterocycles. The molecule has 0 aliphatic heterocycles. The Balaban J connectivity index is 2.51. The molecule has 0 aromatic heterocycles. The fraction of sp³-hybridized carbons (Fsp3) is 0.800. The van der Waals surface area contributed by atoms with Crippen LogP contribution in [0.2, 0.25) is 0 Å². The monoisotopic (exact) mass is 177 g/mol. The Hall–Kier alpha value is -0.420. The van der Waals surface area contributed by atoms with Crippen molar-refractivity contribution in [2.75, 3.05) is 0 Å². The summed E-state index contributed by atoms with van der Waals surface area (Å²) in [4.78, 5) is 0. The highest BCUT2D eigenvalue weighted by Crippen LogP contribution is 2.58. The third-order valence-electron chi connectivity index (χ3n) is 1.44. The zero-order valence-corrected chi connectivity index (χ0v) is 5.05. The van der Waals surface area contributed by atoms with Crippen LogP contribution in [-0.2, 0) is 0 Å². The molecule has 65 valence electrons. The standard InChI is InChI=1S/C5H3F6/c6-4(7,8)2-1-3(2)5(9,10)11/h2H,1H2. The van der Waals surface area contributed by atoms with Crippen LogP contribution in [0.15, 0.2) is 0 Å². The van der Waals surface area contributed by atoms with Gasteiger partial charge >= 0.3 is 12.4 Å². The van der Waals surface area contributed by atoms with E-state index in [0.717, 1.165) is 0 Å². The maximum atomic E-state index is 11.5. The average Bonchev–Trinajstić information content (AvgIpc) is 2.30. The van der Waals surface area contributed by atoms with Crippen LogP contribution in [0.5, 0.6) is 0 Å². The smallest absolute Gasteiger partial charge is 0.171 e. The summed E-state index contributed by atoms with van der Waals surface area (Å²) >= 11 is 0. The van der Waals surface area contributed by atoms with Gasteiger partial charge in [0.1, 0.15) is 0 Å². The van der Waals surface area contributed by atoms with Crippen molar-refractivity contribution in [1.82, 2.24) is 0 Å². The summed E-state index contributed by atoms with van der Waals surface area (Å²) in [5.74, 6) is -3.59. The summed E-state index contributed by atoms with van der Waals surface area (Å²) in [6, 6.07) is 0. The number of alkyl halides is 6. The zero-order valence-electron chi connectivity index (χ0n) is 5.05. The van der Waals surface area contributed by atoms with Crippen LogP contribution in [0.25, 0.3) is 0 Å². The first-order valence-corrected chi connectivity index (χ1v) is 2.72. The molecule has 0 nitrogen and oxygen atoms in total. The summed E-state index contributed by atoms with van der Waals surface area (Å²) in [6.45, 7) is 0. The van der Waals surface area contributed by atoms with Crippen LogP contribution < -0.4 is 0 Å². The molecule has 0 N–H and O–H groups in total. The summed E-state index contributed by atoms with van der Waals surface area (Å²) in [5, 5.41) is 0. The third-order valence-corrected chi connectivity index (χ3v) is 1.44. The van der Waals surface area contributed by atoms with E-state index in [4.69, 9.17) is 0 Å². The molecular formula is C5H3F6. The van der Waals surface area contributed by atoms with E-state index in [0.29, 0.717) is 0 Å². The molecule has 11 heavy (non-hydrogen) atoms. The van der Waals surface area contributed by atoms with Crippen molar-refractivity contribution in [2.45, 2.75) is 18.8 Å². The molecule has 0 bridgehead atoms. The van der Waals surface area contributed by atoms with Gasteiger partial charge in [0.2, 0.25) is 0 Å². The molecule has 0 aromatic rings. The predicted octanol–water partition coefficient (Wildman–Crippen LogP) is 2.71. The van der Waals surface area contributed by atoms with E-state index in [9.17, 15) is 26.3 Å². The Labute approximate surface area is 58.2 Å². The van der Waals surface area contributed by atoms with Gasteiger partial charge < -0.3 is 0 Å². The highest BCUT2D eigenvalue weighted by Gasteiger charge is 2.66. The Morgan fingerprint density at radius 3 is 1.55 bits per heavy atom. The second kappa shape index (κ2) is 2.04. The molecule has 1 radical (unpaired) electrons. The lowest BCUT2D eigenvalue weighted by atomic mass is 10.3. The molecule has 0 heterocycles. The second-order valence-electron chi connectivity index (χ2n) is 2.32. The first-order valence-electron chi connectivity index (χ1n) is 2.72. The first kappa shape index (κ1) is 8.67. The largest absolute Gasteiger partial charge is 0.396 e. The van der Waals surface area contributed by atoms with Gasteiger partial charge in [0.15, 0.2) is 0 Å². The molecule has 0 spiro atoms. The van der Waals surface area contributed by atoms with Gasteiger partial charge in [-0.25, -0.2) is 0 Å². The fourth-order valence-corrected chi connectivity index (χ4v) is 0.788. The number of halogens is 6. The molecule has 0 aromatic carbocycles. The molecular weight excluding hydrogens is 174 g/mol. The van der Waals surface area contributed by atoms with Crippen molar-refractivity contribution in [1.29, 1.82) is 0 Å². The van der Waals surface area contributed by atoms with Crippen molar-refractivity contribution in [3.63, 3.8) is 0 Å². The molecule has 1 unspecified atom stereocenters. The summed E-state index contributed by atoms with van der Waals surface area (Å²) in [6.07, 6.45) is -10.4. The van der Waals surface area contributed by atoms with Crippen molar-refractivity contribution in [3.05, 3.63) is 5.92 Å². The molecule has 0 amide bonds. The van der Waals surface area contributed by atoms with Gasteiger partial charge in [0, 0.05) is 0 Å². The van der Waals surface area contributed by atoms with E-state index in [1.54, 1.807) is 0 Å². The van der Waals surface area contributed by atoms with Crippen LogP contribution >= 0.6 is 0 Å². The minimum absolute atomic E-state index is 0.882. The molecule has 1 aliphatic rings. The minimum Gasteiger partial charge on any atom is -0.171 e. The fourth-order valence-electron chi connectivity index (χ4n) is 0.788. The summed E-state index contributed by atoms with van der Waals surface area (Å²) in [7, 11) is 0. The summed E-state index contributed by atoms with van der Waals surface area (Å²) < 4.78 is 69.0. The van der Waals surface area contributed by atoms with E-state index in [2.05, 4.69) is 0 Å². The molecule has 1 fully saturated rings. The Morgan fingerprint density at radius 1 is 1.00 bits per heavy atom. The lowest BCUT2D eigenvalue weighted by molar-refractivity contribution is -0.161. The van der Waals surface area contributed by atoms with E-state index in [-0.39, 0.29) is 0 Å². The Morgan fingerprint density at radius 2 is 1.45 bits per heavy atom. The topological polar surface area (TPSA) is 0 Å². The van der Waals surface area contributed by atoms with Crippen LogP contribution in [0.3, 0.4) is 0 Å². The summed E-state index contributed by atoms with van der Waals surface area (Å²) in [5.41, 5.74) is 0. The van der Waals surface area contributed by atoms with Gasteiger partial charge in [-0.3, -0.25) is 0 Å². The number of hydrogen-bond acceptors (Lipinski definition) is 0. The predicted molar refractivity (Wildman–Crippen MR) is 23.5 cm³/mol. The molecule has 1 saturated carbocycles. The average molecular weight is 177 g/mol. The minimum atomic E-state index is -4.76. The third kappa shape index (κ3) is 1.78. The lowest BCUT2D eigenvalue weighted by Crippen LogP contribution is -2.18. The maximum Gasteiger partial charge on any atom is 0.396 e. The van der Waals surface area contributed by atoms with E-state index >= 15 is 0 Å². The van der Waals surface area contributed by atoms with Crippen molar-refractivity contribution < 1.29 is 26.3 Å². The van der Waals surface area contributed by atoms with Gasteiger partial charge in [0.05, 0.1) is 11.8 Å². The van der Waals surface area contributed by atoms with Crippen LogP contribution in [0.4, 0.5) is 26.3 Å². The van der Waals surface area contributed by atoms with Crippen molar-refractivity contribution >= 4 is 0 Å². The van der Waals surface area contributed by atoms with Gasteiger partial charge in [0.25, 0.3) is 0 Å². The van der Waals surface area contributed by atoms with Crippen molar-refractivity contribution in [3.8, 4) is 0 Å². The van der Waals surface area contributed by atoms with Crippen LogP contribution in [0, 0.1) is 11.8 Å². The normalized spacial score (nSPS) is 27.3. The lowest BCUT2D eigenvalue weighted by Gasteiger charge is -2.06. The maximum absolute atomic E-state index is 11.5. The first-order chi connectivity index (χ1) is 4.73. The highest BCUT2D eigenvalue weighted by molar-refractivity contribution is 5.21. The van der Waals surface area contributed by atoms with E-state index in [1.807, 2.05) is 0 Å². The van der Waals surface area contributed by atoms with Crippen LogP contribution in [0.1, 0.15) is 6.42 Å². The Bertz CT molecular complexity index is 135. The Kier molecular flexibility index (Phi) is 1.61. The molecule has 6 heteroatoms. The SMILES string of the molecule is FC(F)(F)[C]1CC1C(F)(F)F. The number of rotatable bonds is 0. The number of hydrogen-bond donors (Lipinski definition) is 0.